The number of hydrogen-bond donors (Lipinski definition) is 2. The molecule has 1 aromatic carbocycles. The van der Waals surface area contributed by atoms with Gasteiger partial charge in [0, 0.05) is 38.4 Å². The van der Waals surface area contributed by atoms with Gasteiger partial charge in [-0.15, -0.1) is 0 Å². The van der Waals surface area contributed by atoms with Crippen LogP contribution in [0.2, 0.25) is 0 Å². The third kappa shape index (κ3) is 4.17. The second-order valence-corrected chi connectivity index (χ2v) is 7.19. The molecule has 0 saturated carbocycles. The summed E-state index contributed by atoms with van der Waals surface area (Å²) in [5.41, 5.74) is 1.41. The lowest BCUT2D eigenvalue weighted by Crippen LogP contribution is -2.51. The van der Waals surface area contributed by atoms with Crippen LogP contribution in [0, 0.1) is 0 Å². The van der Waals surface area contributed by atoms with Crippen LogP contribution in [-0.4, -0.2) is 54.4 Å². The minimum atomic E-state index is -4.37. The highest BCUT2D eigenvalue weighted by atomic mass is 19.4. The van der Waals surface area contributed by atoms with Crippen molar-refractivity contribution in [2.45, 2.75) is 12.6 Å². The van der Waals surface area contributed by atoms with Crippen LogP contribution in [0.25, 0.3) is 0 Å². The molecular weight excluding hydrogens is 399 g/mol. The number of alkyl halides is 3. The summed E-state index contributed by atoms with van der Waals surface area (Å²) in [5.74, 6) is -0.579. The number of piperazine rings is 1. The van der Waals surface area contributed by atoms with Crippen molar-refractivity contribution in [3.8, 4) is 0 Å². The Morgan fingerprint density at radius 2 is 1.77 bits per heavy atom. The third-order valence-electron chi connectivity index (χ3n) is 5.23. The number of nitrogens with one attached hydrogen (secondary N) is 2. The van der Waals surface area contributed by atoms with Crippen LogP contribution in [0.4, 0.5) is 30.4 Å². The van der Waals surface area contributed by atoms with Gasteiger partial charge in [-0.3, -0.25) is 9.59 Å². The van der Waals surface area contributed by atoms with Crippen LogP contribution in [0.5, 0.6) is 0 Å². The molecule has 2 aromatic rings. The third-order valence-corrected chi connectivity index (χ3v) is 5.23. The molecule has 2 amide bonds. The van der Waals surface area contributed by atoms with Crippen molar-refractivity contribution in [1.82, 2.24) is 9.88 Å². The van der Waals surface area contributed by atoms with E-state index >= 15 is 0 Å². The summed E-state index contributed by atoms with van der Waals surface area (Å²) in [6.45, 7) is 2.26. The van der Waals surface area contributed by atoms with E-state index in [9.17, 15) is 22.8 Å². The number of rotatable bonds is 2. The first-order valence-corrected chi connectivity index (χ1v) is 9.56. The van der Waals surface area contributed by atoms with E-state index in [0.717, 1.165) is 36.5 Å². The number of nitrogens with zero attached hydrogens (tertiary/aromatic N) is 3. The summed E-state index contributed by atoms with van der Waals surface area (Å²) in [4.78, 5) is 32.4. The second-order valence-electron chi connectivity index (χ2n) is 7.19. The van der Waals surface area contributed by atoms with Gasteiger partial charge >= 0.3 is 18.0 Å². The summed E-state index contributed by atoms with van der Waals surface area (Å²) < 4.78 is 38.1. The van der Waals surface area contributed by atoms with Gasteiger partial charge in [-0.2, -0.15) is 13.2 Å². The second kappa shape index (κ2) is 7.85. The van der Waals surface area contributed by atoms with Gasteiger partial charge in [0.2, 0.25) is 0 Å². The highest BCUT2D eigenvalue weighted by Gasteiger charge is 2.31. The molecule has 4 rings (SSSR count). The van der Waals surface area contributed by atoms with E-state index in [2.05, 4.69) is 15.6 Å². The van der Waals surface area contributed by atoms with E-state index in [-0.39, 0.29) is 0 Å². The molecule has 10 heteroatoms. The molecule has 2 aliphatic heterocycles. The number of benzene rings is 1. The van der Waals surface area contributed by atoms with Crippen molar-refractivity contribution in [3.05, 3.63) is 47.7 Å². The number of anilines is 3. The standard InChI is InChI=1S/C20H20F3N5O2/c21-20(22,23)14-1-3-16(4-2-14)27-7-9-28(10-8-27)19(30)18(29)26-15-11-13-5-6-24-17(13)25-12-15/h1-4,11-12H,5-10H2,(H,24,25)(H,26,29). The average Bonchev–Trinajstić information content (AvgIpc) is 3.21. The van der Waals surface area contributed by atoms with Crippen molar-refractivity contribution in [1.29, 1.82) is 0 Å². The van der Waals surface area contributed by atoms with Gasteiger partial charge in [0.15, 0.2) is 0 Å². The van der Waals surface area contributed by atoms with Gasteiger partial charge in [0.1, 0.15) is 5.82 Å². The van der Waals surface area contributed by atoms with Crippen LogP contribution in [0.3, 0.4) is 0 Å². The zero-order chi connectivity index (χ0) is 21.3. The number of amides is 2. The lowest BCUT2D eigenvalue weighted by atomic mass is 10.1. The quantitative estimate of drug-likeness (QED) is 0.731. The molecule has 0 spiro atoms. The van der Waals surface area contributed by atoms with Crippen molar-refractivity contribution >= 4 is 29.0 Å². The topological polar surface area (TPSA) is 77.6 Å². The van der Waals surface area contributed by atoms with Crippen molar-refractivity contribution in [3.63, 3.8) is 0 Å². The first-order chi connectivity index (χ1) is 14.3. The Hall–Kier alpha value is -3.30. The minimum absolute atomic E-state index is 0.305. The van der Waals surface area contributed by atoms with E-state index in [4.69, 9.17) is 0 Å². The van der Waals surface area contributed by atoms with Crippen molar-refractivity contribution < 1.29 is 22.8 Å². The number of carbonyl (C=O) groups is 2. The summed E-state index contributed by atoms with van der Waals surface area (Å²) in [7, 11) is 0. The van der Waals surface area contributed by atoms with Crippen LogP contribution in [-0.2, 0) is 22.2 Å². The fraction of sp³-hybridized carbons (Fsp3) is 0.350. The summed E-state index contributed by atoms with van der Waals surface area (Å²) >= 11 is 0. The Morgan fingerprint density at radius 1 is 1.07 bits per heavy atom. The smallest absolute Gasteiger partial charge is 0.370 e. The van der Waals surface area contributed by atoms with Gasteiger partial charge in [0.05, 0.1) is 17.4 Å². The monoisotopic (exact) mass is 419 g/mol. The largest absolute Gasteiger partial charge is 0.416 e. The van der Waals surface area contributed by atoms with Crippen LogP contribution < -0.4 is 15.5 Å². The molecule has 1 fully saturated rings. The summed E-state index contributed by atoms with van der Waals surface area (Å²) in [5, 5.41) is 5.72. The van der Waals surface area contributed by atoms with E-state index in [0.29, 0.717) is 37.6 Å². The Kier molecular flexibility index (Phi) is 5.23. The molecule has 1 saturated heterocycles. The van der Waals surface area contributed by atoms with E-state index < -0.39 is 23.6 Å². The van der Waals surface area contributed by atoms with Gasteiger partial charge in [-0.25, -0.2) is 4.98 Å². The number of aromatic nitrogens is 1. The van der Waals surface area contributed by atoms with Crippen LogP contribution in [0.1, 0.15) is 11.1 Å². The number of pyridine rings is 1. The van der Waals surface area contributed by atoms with E-state index in [1.165, 1.54) is 23.2 Å². The molecule has 158 valence electrons. The molecule has 3 heterocycles. The first-order valence-electron chi connectivity index (χ1n) is 9.56. The molecule has 0 atom stereocenters. The number of carbonyl (C=O) groups excluding carboxylic acids is 2. The molecule has 1 aromatic heterocycles. The number of hydrogen-bond acceptors (Lipinski definition) is 5. The predicted molar refractivity (Wildman–Crippen MR) is 105 cm³/mol. The maximum atomic E-state index is 12.7. The number of fused-ring (bicyclic) bond motifs is 1. The maximum Gasteiger partial charge on any atom is 0.416 e. The molecule has 30 heavy (non-hydrogen) atoms. The molecule has 7 nitrogen and oxygen atoms in total. The predicted octanol–water partition coefficient (Wildman–Crippen LogP) is 2.36. The molecule has 0 bridgehead atoms. The minimum Gasteiger partial charge on any atom is -0.370 e. The lowest BCUT2D eigenvalue weighted by molar-refractivity contribution is -0.143. The lowest BCUT2D eigenvalue weighted by Gasteiger charge is -2.35. The van der Waals surface area contributed by atoms with E-state index in [1.54, 1.807) is 6.07 Å². The molecule has 2 N–H and O–H groups in total. The fourth-order valence-corrected chi connectivity index (χ4v) is 3.60. The Morgan fingerprint density at radius 3 is 2.43 bits per heavy atom. The Bertz CT molecular complexity index is 954. The maximum absolute atomic E-state index is 12.7. The van der Waals surface area contributed by atoms with Crippen LogP contribution in [0.15, 0.2) is 36.5 Å². The van der Waals surface area contributed by atoms with Crippen LogP contribution >= 0.6 is 0 Å². The molecular formula is C20H20F3N5O2. The van der Waals surface area contributed by atoms with Crippen molar-refractivity contribution in [2.24, 2.45) is 0 Å². The highest BCUT2D eigenvalue weighted by molar-refractivity contribution is 6.39. The first kappa shape index (κ1) is 20.0. The molecule has 0 unspecified atom stereocenters. The van der Waals surface area contributed by atoms with E-state index in [1.807, 2.05) is 4.90 Å². The fourth-order valence-electron chi connectivity index (χ4n) is 3.60. The van der Waals surface area contributed by atoms with Crippen molar-refractivity contribution in [2.75, 3.05) is 48.3 Å². The van der Waals surface area contributed by atoms with Gasteiger partial charge in [0.25, 0.3) is 0 Å². The Balaban J connectivity index is 1.32. The van der Waals surface area contributed by atoms with Gasteiger partial charge < -0.3 is 20.4 Å². The average molecular weight is 419 g/mol. The molecule has 0 radical (unpaired) electrons. The SMILES string of the molecule is O=C(Nc1cnc2c(c1)CCN2)C(=O)N1CCN(c2ccc(C(F)(F)F)cc2)CC1. The van der Waals surface area contributed by atoms with Gasteiger partial charge in [-0.1, -0.05) is 0 Å². The zero-order valence-electron chi connectivity index (χ0n) is 16.0. The Labute approximate surface area is 170 Å². The normalized spacial score (nSPS) is 16.1. The summed E-state index contributed by atoms with van der Waals surface area (Å²) in [6.07, 6.45) is -2.06. The zero-order valence-corrected chi connectivity index (χ0v) is 16.0. The van der Waals surface area contributed by atoms with Gasteiger partial charge in [-0.05, 0) is 42.3 Å². The molecule has 2 aliphatic rings. The highest BCUT2D eigenvalue weighted by Crippen LogP contribution is 2.30. The number of halogens is 3. The summed E-state index contributed by atoms with van der Waals surface area (Å²) in [6, 6.07) is 6.72. The molecule has 0 aliphatic carbocycles.